The van der Waals surface area contributed by atoms with Crippen LogP contribution in [0.5, 0.6) is 0 Å². The van der Waals surface area contributed by atoms with Crippen LogP contribution >= 0.6 is 0 Å². The van der Waals surface area contributed by atoms with Crippen molar-refractivity contribution in [2.45, 2.75) is 51.5 Å². The molecule has 138 valence electrons. The van der Waals surface area contributed by atoms with Crippen LogP contribution in [0, 0.1) is 5.41 Å². The largest absolute Gasteiger partial charge is 0.360 e. The van der Waals surface area contributed by atoms with Gasteiger partial charge in [0.25, 0.3) is 5.91 Å². The summed E-state index contributed by atoms with van der Waals surface area (Å²) in [5.41, 5.74) is 1.72. The number of aromatic nitrogens is 1. The average Bonchev–Trinajstić information content (AvgIpc) is 3.27. The molecule has 1 aromatic heterocycles. The highest BCUT2D eigenvalue weighted by Crippen LogP contribution is 2.47. The molecule has 26 heavy (non-hydrogen) atoms. The Balaban J connectivity index is 1.51. The number of H-pyrrole nitrogens is 1. The maximum Gasteiger partial charge on any atom is 0.253 e. The Labute approximate surface area is 154 Å². The second-order valence-electron chi connectivity index (χ2n) is 7.79. The number of hydrogen-bond acceptors (Lipinski definition) is 2. The fourth-order valence-electron chi connectivity index (χ4n) is 5.00. The highest BCUT2D eigenvalue weighted by Gasteiger charge is 2.49. The van der Waals surface area contributed by atoms with Crippen molar-refractivity contribution >= 4 is 22.7 Å². The van der Waals surface area contributed by atoms with Crippen LogP contribution in [-0.4, -0.2) is 40.8 Å². The van der Waals surface area contributed by atoms with Crippen molar-refractivity contribution in [1.82, 2.24) is 15.2 Å². The fourth-order valence-corrected chi connectivity index (χ4v) is 5.00. The zero-order valence-electron chi connectivity index (χ0n) is 15.4. The van der Waals surface area contributed by atoms with Gasteiger partial charge in [0.2, 0.25) is 5.91 Å². The molecule has 0 radical (unpaired) electrons. The zero-order chi connectivity index (χ0) is 18.1. The third-order valence-electron chi connectivity index (χ3n) is 6.29. The fraction of sp³-hybridized carbons (Fsp3) is 0.524. The number of para-hydroxylation sites is 1. The van der Waals surface area contributed by atoms with Gasteiger partial charge >= 0.3 is 0 Å². The summed E-state index contributed by atoms with van der Waals surface area (Å²) in [5.74, 6) is 0.263. The summed E-state index contributed by atoms with van der Waals surface area (Å²) >= 11 is 0. The van der Waals surface area contributed by atoms with Gasteiger partial charge in [-0.25, -0.2) is 0 Å². The first-order valence-electron chi connectivity index (χ1n) is 9.78. The summed E-state index contributed by atoms with van der Waals surface area (Å²) in [6, 6.07) is 8.15. The van der Waals surface area contributed by atoms with Gasteiger partial charge in [0, 0.05) is 48.1 Å². The molecule has 4 rings (SSSR count). The standard InChI is InChI=1S/C21H27N3O2/c1-2-12-24-18-8-5-10-21(18,11-9-19(24)25)14-23-20(26)16-13-22-17-7-4-3-6-15(16)17/h3-4,6-7,13,18,22H,2,5,8-12,14H2,1H3,(H,23,26)/t18-,21+/m1/s1. The van der Waals surface area contributed by atoms with Crippen molar-refractivity contribution in [3.8, 4) is 0 Å². The Morgan fingerprint density at radius 3 is 3.04 bits per heavy atom. The van der Waals surface area contributed by atoms with Crippen LogP contribution < -0.4 is 5.32 Å². The molecule has 0 bridgehead atoms. The molecule has 2 N–H and O–H groups in total. The van der Waals surface area contributed by atoms with E-state index in [1.54, 1.807) is 6.20 Å². The number of fused-ring (bicyclic) bond motifs is 2. The van der Waals surface area contributed by atoms with Gasteiger partial charge in [-0.2, -0.15) is 0 Å². The number of amides is 2. The Kier molecular flexibility index (Phi) is 4.47. The molecule has 0 spiro atoms. The number of nitrogens with one attached hydrogen (secondary N) is 2. The monoisotopic (exact) mass is 353 g/mol. The van der Waals surface area contributed by atoms with Crippen molar-refractivity contribution in [2.75, 3.05) is 13.1 Å². The number of hydrogen-bond donors (Lipinski definition) is 2. The summed E-state index contributed by atoms with van der Waals surface area (Å²) in [4.78, 5) is 30.4. The van der Waals surface area contributed by atoms with E-state index in [9.17, 15) is 9.59 Å². The lowest BCUT2D eigenvalue weighted by Crippen LogP contribution is -2.56. The maximum atomic E-state index is 12.8. The van der Waals surface area contributed by atoms with Crippen LogP contribution in [0.3, 0.4) is 0 Å². The van der Waals surface area contributed by atoms with E-state index in [0.29, 0.717) is 18.5 Å². The Hall–Kier alpha value is -2.30. The lowest BCUT2D eigenvalue weighted by Gasteiger charge is -2.46. The number of carbonyl (C=O) groups excluding carboxylic acids is 2. The van der Waals surface area contributed by atoms with Crippen LogP contribution in [0.2, 0.25) is 0 Å². The molecule has 5 heteroatoms. The average molecular weight is 353 g/mol. The Morgan fingerprint density at radius 2 is 2.19 bits per heavy atom. The van der Waals surface area contributed by atoms with Crippen molar-refractivity contribution in [3.05, 3.63) is 36.0 Å². The molecule has 5 nitrogen and oxygen atoms in total. The summed E-state index contributed by atoms with van der Waals surface area (Å²) in [7, 11) is 0. The van der Waals surface area contributed by atoms with Crippen LogP contribution in [-0.2, 0) is 4.79 Å². The highest BCUT2D eigenvalue weighted by molar-refractivity contribution is 6.06. The van der Waals surface area contributed by atoms with Crippen molar-refractivity contribution in [3.63, 3.8) is 0 Å². The van der Waals surface area contributed by atoms with E-state index in [1.807, 2.05) is 24.3 Å². The molecule has 1 saturated heterocycles. The maximum absolute atomic E-state index is 12.8. The van der Waals surface area contributed by atoms with E-state index < -0.39 is 0 Å². The molecule has 2 fully saturated rings. The lowest BCUT2D eigenvalue weighted by atomic mass is 9.74. The lowest BCUT2D eigenvalue weighted by molar-refractivity contribution is -0.141. The van der Waals surface area contributed by atoms with Crippen LogP contribution in [0.1, 0.15) is 55.8 Å². The molecular formula is C21H27N3O2. The summed E-state index contributed by atoms with van der Waals surface area (Å²) in [5, 5.41) is 4.15. The van der Waals surface area contributed by atoms with E-state index in [0.717, 1.165) is 49.6 Å². The minimum absolute atomic E-state index is 0.0265. The van der Waals surface area contributed by atoms with Gasteiger partial charge in [0.15, 0.2) is 0 Å². The van der Waals surface area contributed by atoms with Gasteiger partial charge in [-0.05, 0) is 31.7 Å². The molecule has 1 aromatic carbocycles. The van der Waals surface area contributed by atoms with Crippen LogP contribution in [0.25, 0.3) is 10.9 Å². The second kappa shape index (κ2) is 6.78. The first-order valence-corrected chi connectivity index (χ1v) is 9.78. The molecule has 2 aliphatic rings. The van der Waals surface area contributed by atoms with E-state index in [4.69, 9.17) is 0 Å². The molecule has 2 amide bonds. The number of carbonyl (C=O) groups is 2. The second-order valence-corrected chi connectivity index (χ2v) is 7.79. The summed E-state index contributed by atoms with van der Waals surface area (Å²) < 4.78 is 0. The highest BCUT2D eigenvalue weighted by atomic mass is 16.2. The first-order chi connectivity index (χ1) is 12.6. The Bertz CT molecular complexity index is 828. The molecule has 1 aliphatic heterocycles. The number of piperidine rings is 1. The van der Waals surface area contributed by atoms with E-state index in [2.05, 4.69) is 22.1 Å². The smallest absolute Gasteiger partial charge is 0.253 e. The van der Waals surface area contributed by atoms with Gasteiger partial charge in [-0.1, -0.05) is 31.5 Å². The number of benzene rings is 1. The predicted molar refractivity (Wildman–Crippen MR) is 102 cm³/mol. The van der Waals surface area contributed by atoms with E-state index in [-0.39, 0.29) is 23.3 Å². The predicted octanol–water partition coefficient (Wildman–Crippen LogP) is 3.47. The van der Waals surface area contributed by atoms with Crippen molar-refractivity contribution in [1.29, 1.82) is 0 Å². The minimum atomic E-state index is -0.0265. The molecule has 1 aliphatic carbocycles. The van der Waals surface area contributed by atoms with Gasteiger partial charge in [-0.3, -0.25) is 9.59 Å². The minimum Gasteiger partial charge on any atom is -0.360 e. The molecule has 2 aromatic rings. The van der Waals surface area contributed by atoms with Crippen LogP contribution in [0.4, 0.5) is 0 Å². The van der Waals surface area contributed by atoms with Gasteiger partial charge in [0.05, 0.1) is 5.56 Å². The van der Waals surface area contributed by atoms with E-state index in [1.165, 1.54) is 0 Å². The normalized spacial score (nSPS) is 25.5. The van der Waals surface area contributed by atoms with Crippen molar-refractivity contribution in [2.24, 2.45) is 5.41 Å². The Morgan fingerprint density at radius 1 is 1.35 bits per heavy atom. The van der Waals surface area contributed by atoms with E-state index >= 15 is 0 Å². The topological polar surface area (TPSA) is 65.2 Å². The van der Waals surface area contributed by atoms with Gasteiger partial charge < -0.3 is 15.2 Å². The molecule has 0 unspecified atom stereocenters. The quantitative estimate of drug-likeness (QED) is 0.864. The number of aromatic amines is 1. The first kappa shape index (κ1) is 17.1. The third kappa shape index (κ3) is 2.79. The van der Waals surface area contributed by atoms with Crippen LogP contribution in [0.15, 0.2) is 30.5 Å². The summed E-state index contributed by atoms with van der Waals surface area (Å²) in [6.07, 6.45) is 7.58. The number of rotatable bonds is 5. The van der Waals surface area contributed by atoms with Crippen molar-refractivity contribution < 1.29 is 9.59 Å². The zero-order valence-corrected chi connectivity index (χ0v) is 15.4. The van der Waals surface area contributed by atoms with Gasteiger partial charge in [0.1, 0.15) is 0 Å². The number of nitrogens with zero attached hydrogens (tertiary/aromatic N) is 1. The molecule has 2 atom stereocenters. The molecule has 1 saturated carbocycles. The van der Waals surface area contributed by atoms with Gasteiger partial charge in [-0.15, -0.1) is 0 Å². The SMILES string of the molecule is CCCN1C(=O)CC[C@]2(CNC(=O)c3c[nH]c4ccccc34)CCC[C@@H]12. The number of likely N-dealkylation sites (tertiary alicyclic amines) is 1. The third-order valence-corrected chi connectivity index (χ3v) is 6.29. The molecular weight excluding hydrogens is 326 g/mol. The molecule has 2 heterocycles. The summed E-state index contributed by atoms with van der Waals surface area (Å²) in [6.45, 7) is 3.61.